The minimum Gasteiger partial charge on any atom is -0.488 e. The minimum atomic E-state index is -0.0707. The van der Waals surface area contributed by atoms with Crippen molar-refractivity contribution in [1.29, 1.82) is 0 Å². The molecular weight excluding hydrogens is 290 g/mol. The highest BCUT2D eigenvalue weighted by Crippen LogP contribution is 2.19. The zero-order chi connectivity index (χ0) is 16.1. The maximum Gasteiger partial charge on any atom is 0.321 e. The molecule has 1 saturated heterocycles. The lowest BCUT2D eigenvalue weighted by Gasteiger charge is -2.32. The van der Waals surface area contributed by atoms with Gasteiger partial charge in [0.15, 0.2) is 0 Å². The van der Waals surface area contributed by atoms with Gasteiger partial charge in [-0.1, -0.05) is 12.1 Å². The third-order valence-corrected chi connectivity index (χ3v) is 3.89. The molecule has 1 aliphatic heterocycles. The van der Waals surface area contributed by atoms with Crippen LogP contribution in [0, 0.1) is 6.92 Å². The van der Waals surface area contributed by atoms with Crippen LogP contribution in [0.15, 0.2) is 48.8 Å². The maximum atomic E-state index is 12.4. The number of pyridine rings is 1. The van der Waals surface area contributed by atoms with Gasteiger partial charge in [0.25, 0.3) is 0 Å². The number of nitrogens with one attached hydrogen (secondary N) is 1. The number of carbonyl (C=O) groups excluding carboxylic acids is 1. The summed E-state index contributed by atoms with van der Waals surface area (Å²) in [5.74, 6) is 0.797. The highest BCUT2D eigenvalue weighted by atomic mass is 16.5. The standard InChI is InChI=1S/C18H21N3O2/c1-14-4-2-5-15(12-14)20-18(22)21-11-3-6-17(13-21)23-16-7-9-19-10-8-16/h2,4-5,7-10,12,17H,3,6,11,13H2,1H3,(H,20,22). The summed E-state index contributed by atoms with van der Waals surface area (Å²) < 4.78 is 5.94. The Morgan fingerprint density at radius 3 is 2.91 bits per heavy atom. The lowest BCUT2D eigenvalue weighted by Crippen LogP contribution is -2.46. The Balaban J connectivity index is 1.58. The van der Waals surface area contributed by atoms with Crippen LogP contribution in [0.4, 0.5) is 10.5 Å². The summed E-state index contributed by atoms with van der Waals surface area (Å²) in [6.07, 6.45) is 5.34. The second-order valence-corrected chi connectivity index (χ2v) is 5.81. The SMILES string of the molecule is Cc1cccc(NC(=O)N2CCCC(Oc3ccncc3)C2)c1. The van der Waals surface area contributed by atoms with Gasteiger partial charge >= 0.3 is 6.03 Å². The summed E-state index contributed by atoms with van der Waals surface area (Å²) >= 11 is 0. The number of nitrogens with zero attached hydrogens (tertiary/aromatic N) is 2. The van der Waals surface area contributed by atoms with Crippen molar-refractivity contribution in [2.45, 2.75) is 25.9 Å². The normalized spacial score (nSPS) is 17.6. The van der Waals surface area contributed by atoms with Crippen LogP contribution in [0.2, 0.25) is 0 Å². The Kier molecular flexibility index (Phi) is 4.76. The number of aromatic nitrogens is 1. The van der Waals surface area contributed by atoms with Gasteiger partial charge < -0.3 is 15.0 Å². The molecule has 0 bridgehead atoms. The number of ether oxygens (including phenoxy) is 1. The smallest absolute Gasteiger partial charge is 0.321 e. The van der Waals surface area contributed by atoms with Crippen LogP contribution < -0.4 is 10.1 Å². The van der Waals surface area contributed by atoms with Gasteiger partial charge in [0.2, 0.25) is 0 Å². The number of urea groups is 1. The van der Waals surface area contributed by atoms with E-state index in [0.29, 0.717) is 6.54 Å². The molecule has 1 atom stereocenters. The summed E-state index contributed by atoms with van der Waals surface area (Å²) in [5.41, 5.74) is 1.95. The van der Waals surface area contributed by atoms with Gasteiger partial charge in [-0.2, -0.15) is 0 Å². The van der Waals surface area contributed by atoms with Crippen molar-refractivity contribution in [3.05, 3.63) is 54.4 Å². The summed E-state index contributed by atoms with van der Waals surface area (Å²) in [6.45, 7) is 3.36. The van der Waals surface area contributed by atoms with Crippen molar-refractivity contribution in [2.75, 3.05) is 18.4 Å². The van der Waals surface area contributed by atoms with E-state index in [1.54, 1.807) is 12.4 Å². The maximum absolute atomic E-state index is 12.4. The quantitative estimate of drug-likeness (QED) is 0.944. The second-order valence-electron chi connectivity index (χ2n) is 5.81. The van der Waals surface area contributed by atoms with Crippen molar-refractivity contribution in [1.82, 2.24) is 9.88 Å². The Bertz CT molecular complexity index is 660. The average Bonchev–Trinajstić information content (AvgIpc) is 2.56. The Labute approximate surface area is 136 Å². The van der Waals surface area contributed by atoms with Gasteiger partial charge in [0.05, 0.1) is 6.54 Å². The Morgan fingerprint density at radius 1 is 1.30 bits per heavy atom. The monoisotopic (exact) mass is 311 g/mol. The van der Waals surface area contributed by atoms with Gasteiger partial charge in [-0.3, -0.25) is 4.98 Å². The number of likely N-dealkylation sites (tertiary alicyclic amines) is 1. The summed E-state index contributed by atoms with van der Waals surface area (Å²) in [6, 6.07) is 11.4. The number of carbonyl (C=O) groups is 1. The topological polar surface area (TPSA) is 54.5 Å². The lowest BCUT2D eigenvalue weighted by atomic mass is 10.1. The molecule has 1 unspecified atom stereocenters. The molecule has 0 saturated carbocycles. The number of anilines is 1. The second kappa shape index (κ2) is 7.13. The molecule has 0 spiro atoms. The molecule has 1 aromatic carbocycles. The van der Waals surface area contributed by atoms with Crippen molar-refractivity contribution < 1.29 is 9.53 Å². The van der Waals surface area contributed by atoms with E-state index in [9.17, 15) is 4.79 Å². The molecular formula is C18H21N3O2. The lowest BCUT2D eigenvalue weighted by molar-refractivity contribution is 0.106. The molecule has 1 aliphatic rings. The highest BCUT2D eigenvalue weighted by Gasteiger charge is 2.25. The van der Waals surface area contributed by atoms with Crippen molar-refractivity contribution in [3.8, 4) is 5.75 Å². The number of hydrogen-bond donors (Lipinski definition) is 1. The van der Waals surface area contributed by atoms with Crippen LogP contribution >= 0.6 is 0 Å². The van der Waals surface area contributed by atoms with Gasteiger partial charge in [0, 0.05) is 24.6 Å². The van der Waals surface area contributed by atoms with E-state index >= 15 is 0 Å². The Morgan fingerprint density at radius 2 is 2.13 bits per heavy atom. The first-order chi connectivity index (χ1) is 11.2. The number of rotatable bonds is 3. The zero-order valence-electron chi connectivity index (χ0n) is 13.2. The fourth-order valence-electron chi connectivity index (χ4n) is 2.75. The third kappa shape index (κ3) is 4.22. The van der Waals surface area contributed by atoms with E-state index in [-0.39, 0.29) is 12.1 Å². The first-order valence-electron chi connectivity index (χ1n) is 7.90. The van der Waals surface area contributed by atoms with Crippen molar-refractivity contribution in [2.24, 2.45) is 0 Å². The number of amides is 2. The Hall–Kier alpha value is -2.56. The summed E-state index contributed by atoms with van der Waals surface area (Å²) in [4.78, 5) is 18.2. The van der Waals surface area contributed by atoms with Crippen LogP contribution in [0.1, 0.15) is 18.4 Å². The first-order valence-corrected chi connectivity index (χ1v) is 7.90. The number of hydrogen-bond acceptors (Lipinski definition) is 3. The predicted molar refractivity (Wildman–Crippen MR) is 89.7 cm³/mol. The van der Waals surface area contributed by atoms with Crippen LogP contribution in [-0.2, 0) is 0 Å². The fraction of sp³-hybridized carbons (Fsp3) is 0.333. The van der Waals surface area contributed by atoms with E-state index in [4.69, 9.17) is 4.74 Å². The predicted octanol–water partition coefficient (Wildman–Crippen LogP) is 3.47. The van der Waals surface area contributed by atoms with Crippen molar-refractivity contribution in [3.63, 3.8) is 0 Å². The van der Waals surface area contributed by atoms with E-state index < -0.39 is 0 Å². The van der Waals surface area contributed by atoms with E-state index in [0.717, 1.165) is 36.4 Å². The molecule has 5 nitrogen and oxygen atoms in total. The van der Waals surface area contributed by atoms with E-state index in [1.807, 2.05) is 48.2 Å². The summed E-state index contributed by atoms with van der Waals surface area (Å²) in [5, 5.41) is 2.96. The van der Waals surface area contributed by atoms with Gasteiger partial charge in [-0.25, -0.2) is 4.79 Å². The largest absolute Gasteiger partial charge is 0.488 e. The third-order valence-electron chi connectivity index (χ3n) is 3.89. The van der Waals surface area contributed by atoms with E-state index in [2.05, 4.69) is 10.3 Å². The summed E-state index contributed by atoms with van der Waals surface area (Å²) in [7, 11) is 0. The van der Waals surface area contributed by atoms with Crippen molar-refractivity contribution >= 4 is 11.7 Å². The number of piperidine rings is 1. The molecule has 1 N–H and O–H groups in total. The van der Waals surface area contributed by atoms with Gasteiger partial charge in [0.1, 0.15) is 11.9 Å². The minimum absolute atomic E-state index is 0.0226. The molecule has 0 radical (unpaired) electrons. The molecule has 3 rings (SSSR count). The molecule has 1 fully saturated rings. The molecule has 0 aliphatic carbocycles. The highest BCUT2D eigenvalue weighted by molar-refractivity contribution is 5.89. The van der Waals surface area contributed by atoms with Crippen LogP contribution in [-0.4, -0.2) is 35.1 Å². The zero-order valence-corrected chi connectivity index (χ0v) is 13.2. The van der Waals surface area contributed by atoms with Crippen LogP contribution in [0.5, 0.6) is 5.75 Å². The average molecular weight is 311 g/mol. The van der Waals surface area contributed by atoms with Gasteiger partial charge in [-0.15, -0.1) is 0 Å². The fourth-order valence-corrected chi connectivity index (χ4v) is 2.75. The van der Waals surface area contributed by atoms with Crippen LogP contribution in [0.25, 0.3) is 0 Å². The molecule has 2 aromatic rings. The molecule has 1 aromatic heterocycles. The van der Waals surface area contributed by atoms with Crippen LogP contribution in [0.3, 0.4) is 0 Å². The van der Waals surface area contributed by atoms with E-state index in [1.165, 1.54) is 0 Å². The molecule has 23 heavy (non-hydrogen) atoms. The molecule has 5 heteroatoms. The molecule has 2 heterocycles. The molecule has 2 amide bonds. The molecule has 120 valence electrons. The first kappa shape index (κ1) is 15.3. The number of aryl methyl sites for hydroxylation is 1. The number of benzene rings is 1. The van der Waals surface area contributed by atoms with Gasteiger partial charge in [-0.05, 0) is 49.6 Å².